The van der Waals surface area contributed by atoms with Gasteiger partial charge in [-0.05, 0) is 32.9 Å². The van der Waals surface area contributed by atoms with Crippen molar-refractivity contribution in [1.82, 2.24) is 15.2 Å². The van der Waals surface area contributed by atoms with E-state index in [1.807, 2.05) is 24.0 Å². The second-order valence-electron chi connectivity index (χ2n) is 4.84. The van der Waals surface area contributed by atoms with Crippen molar-refractivity contribution in [3.05, 3.63) is 29.6 Å². The van der Waals surface area contributed by atoms with Crippen molar-refractivity contribution in [2.45, 2.75) is 32.9 Å². The predicted octanol–water partition coefficient (Wildman–Crippen LogP) is 1.21. The number of nitrogens with zero attached hydrogens (tertiary/aromatic N) is 2. The van der Waals surface area contributed by atoms with Crippen LogP contribution in [0.15, 0.2) is 18.2 Å². The van der Waals surface area contributed by atoms with Gasteiger partial charge in [0.1, 0.15) is 5.69 Å². The first-order valence-corrected chi connectivity index (χ1v) is 6.05. The third-order valence-electron chi connectivity index (χ3n) is 2.95. The molecule has 1 fully saturated rings. The Balaban J connectivity index is 2.14. The average Bonchev–Trinajstić information content (AvgIpc) is 2.26. The van der Waals surface area contributed by atoms with E-state index >= 15 is 0 Å². The SMILES string of the molecule is Cc1cccc(C(=O)N2CC(C)NC(C)C2)n1. The van der Waals surface area contributed by atoms with E-state index in [2.05, 4.69) is 24.1 Å². The number of hydrogen-bond acceptors (Lipinski definition) is 3. The number of aromatic nitrogens is 1. The van der Waals surface area contributed by atoms with E-state index in [1.54, 1.807) is 6.07 Å². The number of carbonyl (C=O) groups is 1. The van der Waals surface area contributed by atoms with Crippen molar-refractivity contribution in [1.29, 1.82) is 0 Å². The van der Waals surface area contributed by atoms with E-state index in [-0.39, 0.29) is 5.91 Å². The summed E-state index contributed by atoms with van der Waals surface area (Å²) < 4.78 is 0. The fourth-order valence-corrected chi connectivity index (χ4v) is 2.32. The van der Waals surface area contributed by atoms with Gasteiger partial charge in [-0.25, -0.2) is 4.98 Å². The van der Waals surface area contributed by atoms with Crippen molar-refractivity contribution >= 4 is 5.91 Å². The quantitative estimate of drug-likeness (QED) is 0.793. The molecule has 1 aromatic heterocycles. The lowest BCUT2D eigenvalue weighted by Gasteiger charge is -2.36. The van der Waals surface area contributed by atoms with Crippen LogP contribution in [0.4, 0.5) is 0 Å². The van der Waals surface area contributed by atoms with Gasteiger partial charge in [0, 0.05) is 30.9 Å². The van der Waals surface area contributed by atoms with Crippen LogP contribution in [0.25, 0.3) is 0 Å². The second kappa shape index (κ2) is 4.84. The van der Waals surface area contributed by atoms with E-state index in [9.17, 15) is 4.79 Å². The minimum Gasteiger partial charge on any atom is -0.334 e. The number of piperazine rings is 1. The Labute approximate surface area is 102 Å². The fraction of sp³-hybridized carbons (Fsp3) is 0.538. The summed E-state index contributed by atoms with van der Waals surface area (Å²) >= 11 is 0. The molecule has 0 spiro atoms. The number of amides is 1. The molecule has 0 aliphatic carbocycles. The molecule has 0 saturated carbocycles. The second-order valence-corrected chi connectivity index (χ2v) is 4.84. The van der Waals surface area contributed by atoms with Crippen LogP contribution < -0.4 is 5.32 Å². The molecule has 1 aromatic rings. The summed E-state index contributed by atoms with van der Waals surface area (Å²) in [6.45, 7) is 7.59. The maximum absolute atomic E-state index is 12.3. The zero-order valence-electron chi connectivity index (χ0n) is 10.6. The number of hydrogen-bond donors (Lipinski definition) is 1. The number of carbonyl (C=O) groups excluding carboxylic acids is 1. The van der Waals surface area contributed by atoms with E-state index in [0.717, 1.165) is 18.8 Å². The normalized spacial score (nSPS) is 24.8. The van der Waals surface area contributed by atoms with Gasteiger partial charge >= 0.3 is 0 Å². The summed E-state index contributed by atoms with van der Waals surface area (Å²) in [5.74, 6) is 0.0360. The Bertz CT molecular complexity index is 409. The van der Waals surface area contributed by atoms with Gasteiger partial charge in [0.05, 0.1) is 0 Å². The molecule has 1 N–H and O–H groups in total. The molecule has 17 heavy (non-hydrogen) atoms. The van der Waals surface area contributed by atoms with Crippen LogP contribution in [0.3, 0.4) is 0 Å². The van der Waals surface area contributed by atoms with Gasteiger partial charge in [-0.2, -0.15) is 0 Å². The highest BCUT2D eigenvalue weighted by Gasteiger charge is 2.25. The van der Waals surface area contributed by atoms with Crippen molar-refractivity contribution < 1.29 is 4.79 Å². The Morgan fingerprint density at radius 3 is 2.59 bits per heavy atom. The molecule has 2 unspecified atom stereocenters. The number of pyridine rings is 1. The molecule has 1 aliphatic rings. The van der Waals surface area contributed by atoms with E-state index in [4.69, 9.17) is 0 Å². The Hall–Kier alpha value is -1.42. The Kier molecular flexibility index (Phi) is 3.43. The highest BCUT2D eigenvalue weighted by molar-refractivity contribution is 5.92. The molecule has 4 nitrogen and oxygen atoms in total. The third-order valence-corrected chi connectivity index (χ3v) is 2.95. The molecule has 4 heteroatoms. The first-order chi connectivity index (χ1) is 8.06. The van der Waals surface area contributed by atoms with E-state index in [1.165, 1.54) is 0 Å². The van der Waals surface area contributed by atoms with Gasteiger partial charge in [0.2, 0.25) is 0 Å². The molecule has 2 heterocycles. The minimum absolute atomic E-state index is 0.0360. The van der Waals surface area contributed by atoms with Gasteiger partial charge in [0.15, 0.2) is 0 Å². The zero-order chi connectivity index (χ0) is 12.4. The molecule has 0 bridgehead atoms. The van der Waals surface area contributed by atoms with Gasteiger partial charge in [0.25, 0.3) is 5.91 Å². The summed E-state index contributed by atoms with van der Waals surface area (Å²) in [6, 6.07) is 6.25. The Morgan fingerprint density at radius 1 is 1.35 bits per heavy atom. The largest absolute Gasteiger partial charge is 0.334 e. The number of rotatable bonds is 1. The maximum Gasteiger partial charge on any atom is 0.272 e. The van der Waals surface area contributed by atoms with Crippen LogP contribution >= 0.6 is 0 Å². The molecule has 1 saturated heterocycles. The lowest BCUT2D eigenvalue weighted by Crippen LogP contribution is -2.55. The van der Waals surface area contributed by atoms with Crippen molar-refractivity contribution in [3.63, 3.8) is 0 Å². The number of nitrogens with one attached hydrogen (secondary N) is 1. The molecule has 0 aromatic carbocycles. The van der Waals surface area contributed by atoms with Crippen molar-refractivity contribution in [3.8, 4) is 0 Å². The molecular formula is C13H19N3O. The van der Waals surface area contributed by atoms with Crippen LogP contribution in [0.5, 0.6) is 0 Å². The smallest absolute Gasteiger partial charge is 0.272 e. The lowest BCUT2D eigenvalue weighted by molar-refractivity contribution is 0.0667. The lowest BCUT2D eigenvalue weighted by atomic mass is 10.1. The molecule has 2 rings (SSSR count). The monoisotopic (exact) mass is 233 g/mol. The Morgan fingerprint density at radius 2 is 2.00 bits per heavy atom. The van der Waals surface area contributed by atoms with E-state index in [0.29, 0.717) is 17.8 Å². The fourth-order valence-electron chi connectivity index (χ4n) is 2.32. The van der Waals surface area contributed by atoms with Gasteiger partial charge < -0.3 is 10.2 Å². The third kappa shape index (κ3) is 2.82. The topological polar surface area (TPSA) is 45.2 Å². The average molecular weight is 233 g/mol. The van der Waals surface area contributed by atoms with Crippen LogP contribution in [0.1, 0.15) is 30.0 Å². The standard InChI is InChI=1S/C13H19N3O/c1-9-5-4-6-12(15-9)13(17)16-7-10(2)14-11(3)8-16/h4-6,10-11,14H,7-8H2,1-3H3. The van der Waals surface area contributed by atoms with Gasteiger partial charge in [-0.3, -0.25) is 4.79 Å². The highest BCUT2D eigenvalue weighted by Crippen LogP contribution is 2.09. The van der Waals surface area contributed by atoms with Crippen LogP contribution in [-0.4, -0.2) is 41.0 Å². The highest BCUT2D eigenvalue weighted by atomic mass is 16.2. The first kappa shape index (κ1) is 12.0. The van der Waals surface area contributed by atoms with E-state index < -0.39 is 0 Å². The number of aryl methyl sites for hydroxylation is 1. The summed E-state index contributed by atoms with van der Waals surface area (Å²) in [5.41, 5.74) is 1.43. The predicted molar refractivity (Wildman–Crippen MR) is 66.9 cm³/mol. The van der Waals surface area contributed by atoms with Crippen molar-refractivity contribution in [2.24, 2.45) is 0 Å². The summed E-state index contributed by atoms with van der Waals surface area (Å²) in [5, 5.41) is 3.41. The summed E-state index contributed by atoms with van der Waals surface area (Å²) in [6.07, 6.45) is 0. The van der Waals surface area contributed by atoms with Crippen molar-refractivity contribution in [2.75, 3.05) is 13.1 Å². The molecule has 2 atom stereocenters. The molecular weight excluding hydrogens is 214 g/mol. The van der Waals surface area contributed by atoms with Crippen LogP contribution in [0, 0.1) is 6.92 Å². The first-order valence-electron chi connectivity index (χ1n) is 6.05. The molecule has 92 valence electrons. The zero-order valence-corrected chi connectivity index (χ0v) is 10.6. The minimum atomic E-state index is 0.0360. The van der Waals surface area contributed by atoms with Crippen LogP contribution in [0.2, 0.25) is 0 Å². The molecule has 1 amide bonds. The van der Waals surface area contributed by atoms with Gasteiger partial charge in [-0.15, -0.1) is 0 Å². The summed E-state index contributed by atoms with van der Waals surface area (Å²) in [4.78, 5) is 18.4. The molecule has 0 radical (unpaired) electrons. The summed E-state index contributed by atoms with van der Waals surface area (Å²) in [7, 11) is 0. The van der Waals surface area contributed by atoms with Gasteiger partial charge in [-0.1, -0.05) is 6.07 Å². The maximum atomic E-state index is 12.3. The molecule has 1 aliphatic heterocycles. The van der Waals surface area contributed by atoms with Crippen LogP contribution in [-0.2, 0) is 0 Å².